The normalized spacial score (nSPS) is 15.1. The summed E-state index contributed by atoms with van der Waals surface area (Å²) in [6.45, 7) is 2.45. The van der Waals surface area contributed by atoms with Gasteiger partial charge in [-0.05, 0) is 12.5 Å². The SMILES string of the molecule is COCCN1C(=O)C(SCCO)=C(c2ccc(C)cc2)C1=O. The Morgan fingerprint density at radius 1 is 1.18 bits per heavy atom. The van der Waals surface area contributed by atoms with Gasteiger partial charge in [0.1, 0.15) is 0 Å². The third-order valence-electron chi connectivity index (χ3n) is 3.32. The van der Waals surface area contributed by atoms with E-state index in [0.29, 0.717) is 22.8 Å². The van der Waals surface area contributed by atoms with Crippen molar-refractivity contribution in [2.45, 2.75) is 6.92 Å². The van der Waals surface area contributed by atoms with Gasteiger partial charge in [-0.3, -0.25) is 14.5 Å². The van der Waals surface area contributed by atoms with E-state index in [4.69, 9.17) is 9.84 Å². The van der Waals surface area contributed by atoms with Crippen LogP contribution in [0, 0.1) is 6.92 Å². The molecule has 118 valence electrons. The zero-order valence-electron chi connectivity index (χ0n) is 12.7. The third-order valence-corrected chi connectivity index (χ3v) is 4.38. The highest BCUT2D eigenvalue weighted by atomic mass is 32.2. The first-order chi connectivity index (χ1) is 10.6. The monoisotopic (exact) mass is 321 g/mol. The van der Waals surface area contributed by atoms with Crippen molar-refractivity contribution in [1.29, 1.82) is 0 Å². The molecule has 1 N–H and O–H groups in total. The molecule has 0 bridgehead atoms. The summed E-state index contributed by atoms with van der Waals surface area (Å²) in [5.41, 5.74) is 2.23. The number of amides is 2. The topological polar surface area (TPSA) is 66.8 Å². The van der Waals surface area contributed by atoms with Gasteiger partial charge in [-0.25, -0.2) is 0 Å². The largest absolute Gasteiger partial charge is 0.396 e. The van der Waals surface area contributed by atoms with Gasteiger partial charge in [0.2, 0.25) is 0 Å². The van der Waals surface area contributed by atoms with E-state index >= 15 is 0 Å². The third kappa shape index (κ3) is 3.40. The van der Waals surface area contributed by atoms with Crippen LogP contribution in [0.4, 0.5) is 0 Å². The van der Waals surface area contributed by atoms with Crippen molar-refractivity contribution in [3.63, 3.8) is 0 Å². The van der Waals surface area contributed by atoms with Gasteiger partial charge in [-0.2, -0.15) is 0 Å². The molecule has 0 spiro atoms. The van der Waals surface area contributed by atoms with Crippen molar-refractivity contribution in [3.05, 3.63) is 40.3 Å². The zero-order chi connectivity index (χ0) is 16.1. The molecule has 5 nitrogen and oxygen atoms in total. The van der Waals surface area contributed by atoms with Gasteiger partial charge in [0.05, 0.1) is 30.2 Å². The molecule has 0 saturated carbocycles. The van der Waals surface area contributed by atoms with Crippen LogP contribution in [0.2, 0.25) is 0 Å². The van der Waals surface area contributed by atoms with Gasteiger partial charge in [0.15, 0.2) is 0 Å². The number of imide groups is 1. The quantitative estimate of drug-likeness (QED) is 0.770. The summed E-state index contributed by atoms with van der Waals surface area (Å²) in [5, 5.41) is 9.01. The van der Waals surface area contributed by atoms with Gasteiger partial charge in [0.25, 0.3) is 11.8 Å². The molecule has 1 aliphatic heterocycles. The number of ether oxygens (including phenoxy) is 1. The standard InChI is InChI=1S/C16H19NO4S/c1-11-3-5-12(6-4-11)13-14(22-10-8-18)16(20)17(15(13)19)7-9-21-2/h3-6,18H,7-10H2,1-2H3. The Morgan fingerprint density at radius 3 is 2.45 bits per heavy atom. The lowest BCUT2D eigenvalue weighted by molar-refractivity contribution is -0.137. The maximum atomic E-state index is 12.6. The van der Waals surface area contributed by atoms with Crippen LogP contribution in [0.1, 0.15) is 11.1 Å². The molecule has 0 unspecified atom stereocenters. The van der Waals surface area contributed by atoms with E-state index < -0.39 is 0 Å². The zero-order valence-corrected chi connectivity index (χ0v) is 13.5. The lowest BCUT2D eigenvalue weighted by Gasteiger charge is -2.14. The summed E-state index contributed by atoms with van der Waals surface area (Å²) in [6.07, 6.45) is 0. The number of carbonyl (C=O) groups is 2. The summed E-state index contributed by atoms with van der Waals surface area (Å²) in [5.74, 6) is -0.232. The van der Waals surface area contributed by atoms with Crippen molar-refractivity contribution in [1.82, 2.24) is 4.90 Å². The van der Waals surface area contributed by atoms with Crippen LogP contribution in [-0.4, -0.2) is 54.4 Å². The number of nitrogens with zero attached hydrogens (tertiary/aromatic N) is 1. The Labute approximate surface area is 133 Å². The Morgan fingerprint density at radius 2 is 1.86 bits per heavy atom. The molecule has 0 radical (unpaired) electrons. The minimum atomic E-state index is -0.309. The average molecular weight is 321 g/mol. The first kappa shape index (κ1) is 16.7. The number of hydrogen-bond donors (Lipinski definition) is 1. The second-order valence-corrected chi connectivity index (χ2v) is 6.00. The first-order valence-corrected chi connectivity index (χ1v) is 7.98. The molecule has 0 aliphatic carbocycles. The fourth-order valence-electron chi connectivity index (χ4n) is 2.20. The summed E-state index contributed by atoms with van der Waals surface area (Å²) in [7, 11) is 1.53. The van der Waals surface area contributed by atoms with Gasteiger partial charge < -0.3 is 9.84 Å². The van der Waals surface area contributed by atoms with Gasteiger partial charge >= 0.3 is 0 Å². The van der Waals surface area contributed by atoms with Crippen LogP contribution in [0.5, 0.6) is 0 Å². The van der Waals surface area contributed by atoms with E-state index in [2.05, 4.69) is 0 Å². The molecule has 1 aromatic rings. The maximum absolute atomic E-state index is 12.6. The molecule has 0 saturated heterocycles. The molecule has 0 aromatic heterocycles. The van der Waals surface area contributed by atoms with E-state index in [1.807, 2.05) is 31.2 Å². The Balaban J connectivity index is 2.38. The van der Waals surface area contributed by atoms with Crippen molar-refractivity contribution >= 4 is 29.1 Å². The van der Waals surface area contributed by atoms with Crippen molar-refractivity contribution < 1.29 is 19.4 Å². The van der Waals surface area contributed by atoms with E-state index in [0.717, 1.165) is 11.1 Å². The highest BCUT2D eigenvalue weighted by Gasteiger charge is 2.38. The Bertz CT molecular complexity index is 595. The summed E-state index contributed by atoms with van der Waals surface area (Å²) < 4.78 is 4.96. The van der Waals surface area contributed by atoms with Crippen LogP contribution >= 0.6 is 11.8 Å². The number of aryl methyl sites for hydroxylation is 1. The molecule has 1 aromatic carbocycles. The molecule has 1 heterocycles. The van der Waals surface area contributed by atoms with Gasteiger partial charge in [-0.1, -0.05) is 29.8 Å². The maximum Gasteiger partial charge on any atom is 0.268 e. The predicted molar refractivity (Wildman–Crippen MR) is 86.2 cm³/mol. The summed E-state index contributed by atoms with van der Waals surface area (Å²) in [4.78, 5) is 26.7. The number of aliphatic hydroxyl groups excluding tert-OH is 1. The molecule has 22 heavy (non-hydrogen) atoms. The number of hydrogen-bond acceptors (Lipinski definition) is 5. The smallest absolute Gasteiger partial charge is 0.268 e. The van der Waals surface area contributed by atoms with Crippen LogP contribution in [0.3, 0.4) is 0 Å². The van der Waals surface area contributed by atoms with Gasteiger partial charge in [-0.15, -0.1) is 11.8 Å². The molecular formula is C16H19NO4S. The fourth-order valence-corrected chi connectivity index (χ4v) is 3.07. The van der Waals surface area contributed by atoms with E-state index in [1.165, 1.54) is 23.8 Å². The Hall–Kier alpha value is -1.63. The molecule has 0 atom stereocenters. The van der Waals surface area contributed by atoms with Crippen molar-refractivity contribution in [3.8, 4) is 0 Å². The summed E-state index contributed by atoms with van der Waals surface area (Å²) in [6, 6.07) is 7.50. The van der Waals surface area contributed by atoms with E-state index in [1.54, 1.807) is 0 Å². The molecule has 2 amide bonds. The lowest BCUT2D eigenvalue weighted by Crippen LogP contribution is -2.34. The van der Waals surface area contributed by atoms with Crippen molar-refractivity contribution in [2.24, 2.45) is 0 Å². The number of rotatable bonds is 7. The predicted octanol–water partition coefficient (Wildman–Crippen LogP) is 1.45. The van der Waals surface area contributed by atoms with Crippen LogP contribution in [-0.2, 0) is 14.3 Å². The number of benzene rings is 1. The van der Waals surface area contributed by atoms with Crippen LogP contribution < -0.4 is 0 Å². The minimum Gasteiger partial charge on any atom is -0.396 e. The average Bonchev–Trinajstić information content (AvgIpc) is 2.75. The van der Waals surface area contributed by atoms with Crippen molar-refractivity contribution in [2.75, 3.05) is 32.6 Å². The van der Waals surface area contributed by atoms with E-state index in [9.17, 15) is 9.59 Å². The number of thioether (sulfide) groups is 1. The molecular weight excluding hydrogens is 302 g/mol. The number of carbonyl (C=O) groups excluding carboxylic acids is 2. The Kier molecular flexibility index (Phi) is 5.76. The molecule has 6 heteroatoms. The lowest BCUT2D eigenvalue weighted by atomic mass is 10.0. The fraction of sp³-hybridized carbons (Fsp3) is 0.375. The number of aliphatic hydroxyl groups is 1. The second kappa shape index (κ2) is 7.58. The van der Waals surface area contributed by atoms with Crippen LogP contribution in [0.15, 0.2) is 29.2 Å². The van der Waals surface area contributed by atoms with Crippen LogP contribution in [0.25, 0.3) is 5.57 Å². The molecule has 1 aliphatic rings. The highest BCUT2D eigenvalue weighted by molar-refractivity contribution is 8.04. The van der Waals surface area contributed by atoms with E-state index in [-0.39, 0.29) is 25.0 Å². The molecule has 2 rings (SSSR count). The molecule has 0 fully saturated rings. The minimum absolute atomic E-state index is 0.0467. The highest BCUT2D eigenvalue weighted by Crippen LogP contribution is 2.35. The first-order valence-electron chi connectivity index (χ1n) is 7.00. The second-order valence-electron chi connectivity index (χ2n) is 4.90. The van der Waals surface area contributed by atoms with Gasteiger partial charge in [0, 0.05) is 12.9 Å². The number of methoxy groups -OCH3 is 1. The summed E-state index contributed by atoms with van der Waals surface area (Å²) >= 11 is 1.22.